The number of hydrogen-bond acceptors (Lipinski definition) is 0. The minimum absolute atomic E-state index is 0. The summed E-state index contributed by atoms with van der Waals surface area (Å²) >= 11 is 0. The van der Waals surface area contributed by atoms with Crippen molar-refractivity contribution in [2.75, 3.05) is 0 Å². The van der Waals surface area contributed by atoms with Crippen molar-refractivity contribution in [2.24, 2.45) is 11.8 Å². The van der Waals surface area contributed by atoms with Crippen LogP contribution in [0.1, 0.15) is 46.0 Å². The van der Waals surface area contributed by atoms with Gasteiger partial charge in [0.2, 0.25) is 0 Å². The molecular formula is C9H20Sn. The van der Waals surface area contributed by atoms with E-state index in [9.17, 15) is 0 Å². The van der Waals surface area contributed by atoms with Crippen molar-refractivity contribution in [3.8, 4) is 0 Å². The Labute approximate surface area is 81.7 Å². The van der Waals surface area contributed by atoms with Crippen LogP contribution in [0.3, 0.4) is 0 Å². The zero-order valence-corrected chi connectivity index (χ0v) is 11.4. The molecule has 2 radical (unpaired) electrons. The predicted molar refractivity (Wildman–Crippen MR) is 50.0 cm³/mol. The van der Waals surface area contributed by atoms with E-state index in [-0.39, 0.29) is 23.9 Å². The van der Waals surface area contributed by atoms with Crippen molar-refractivity contribution < 1.29 is 0 Å². The van der Waals surface area contributed by atoms with Crippen LogP contribution in [0.15, 0.2) is 0 Å². The van der Waals surface area contributed by atoms with E-state index in [2.05, 4.69) is 13.8 Å². The summed E-state index contributed by atoms with van der Waals surface area (Å²) in [6.07, 6.45) is 7.46. The second kappa shape index (κ2) is 5.45. The first-order chi connectivity index (χ1) is 4.30. The third-order valence-corrected chi connectivity index (χ3v) is 2.59. The van der Waals surface area contributed by atoms with Gasteiger partial charge in [0.1, 0.15) is 0 Å². The quantitative estimate of drug-likeness (QED) is 0.623. The standard InChI is InChI=1S/C9H18.Sn.2H/c1-8(2)9-6-4-3-5-7-9;;;/h8-9H,3-7H2,1-2H3;;;. The van der Waals surface area contributed by atoms with E-state index < -0.39 is 0 Å². The molecule has 0 nitrogen and oxygen atoms in total. The zero-order valence-electron chi connectivity index (χ0n) is 7.40. The molecule has 10 heavy (non-hydrogen) atoms. The predicted octanol–water partition coefficient (Wildman–Crippen LogP) is 2.31. The zero-order chi connectivity index (χ0) is 6.69. The molecule has 1 rings (SSSR count). The van der Waals surface area contributed by atoms with Crippen LogP contribution in [0.4, 0.5) is 0 Å². The fourth-order valence-electron chi connectivity index (χ4n) is 1.80. The maximum absolute atomic E-state index is 2.36. The van der Waals surface area contributed by atoms with Crippen molar-refractivity contribution in [2.45, 2.75) is 46.0 Å². The van der Waals surface area contributed by atoms with Crippen LogP contribution in [0, 0.1) is 11.8 Å². The van der Waals surface area contributed by atoms with E-state index in [1.54, 1.807) is 0 Å². The molecule has 0 spiro atoms. The molecule has 0 N–H and O–H groups in total. The van der Waals surface area contributed by atoms with E-state index in [1.165, 1.54) is 32.1 Å². The Morgan fingerprint density at radius 3 is 1.80 bits per heavy atom. The molecule has 0 heterocycles. The molecule has 1 fully saturated rings. The number of rotatable bonds is 1. The second-order valence-electron chi connectivity index (χ2n) is 3.64. The van der Waals surface area contributed by atoms with E-state index in [0.29, 0.717) is 0 Å². The molecule has 0 bridgehead atoms. The molecule has 1 saturated carbocycles. The topological polar surface area (TPSA) is 0 Å². The summed E-state index contributed by atoms with van der Waals surface area (Å²) in [7, 11) is 0. The summed E-state index contributed by atoms with van der Waals surface area (Å²) in [5, 5.41) is 0. The van der Waals surface area contributed by atoms with Gasteiger partial charge in [0.25, 0.3) is 0 Å². The van der Waals surface area contributed by atoms with Crippen LogP contribution < -0.4 is 0 Å². The summed E-state index contributed by atoms with van der Waals surface area (Å²) < 4.78 is 0. The Morgan fingerprint density at radius 1 is 1.00 bits per heavy atom. The van der Waals surface area contributed by atoms with Gasteiger partial charge in [-0.25, -0.2) is 0 Å². The average Bonchev–Trinajstić information content (AvgIpc) is 1.90. The van der Waals surface area contributed by atoms with E-state index in [1.807, 2.05) is 0 Å². The summed E-state index contributed by atoms with van der Waals surface area (Å²) in [5.41, 5.74) is 0. The molecule has 0 atom stereocenters. The van der Waals surface area contributed by atoms with Crippen LogP contribution >= 0.6 is 0 Å². The van der Waals surface area contributed by atoms with Gasteiger partial charge in [-0.15, -0.1) is 0 Å². The monoisotopic (exact) mass is 248 g/mol. The van der Waals surface area contributed by atoms with Crippen LogP contribution in [0.5, 0.6) is 0 Å². The maximum atomic E-state index is 2.36. The first-order valence-corrected chi connectivity index (χ1v) is 4.30. The third kappa shape index (κ3) is 3.27. The van der Waals surface area contributed by atoms with Gasteiger partial charge in [-0.2, -0.15) is 0 Å². The summed E-state index contributed by atoms with van der Waals surface area (Å²) in [6, 6.07) is 0. The van der Waals surface area contributed by atoms with Gasteiger partial charge in [-0.05, 0) is 11.8 Å². The summed E-state index contributed by atoms with van der Waals surface area (Å²) in [4.78, 5) is 0. The fourth-order valence-corrected chi connectivity index (χ4v) is 1.80. The van der Waals surface area contributed by atoms with Gasteiger partial charge in [0, 0.05) is 0 Å². The Hall–Kier alpha value is 0.799. The summed E-state index contributed by atoms with van der Waals surface area (Å²) in [6.45, 7) is 4.71. The Balaban J connectivity index is 0.000000810. The Morgan fingerprint density at radius 2 is 1.50 bits per heavy atom. The first kappa shape index (κ1) is 10.8. The SMILES string of the molecule is CC(C)C1CCCCC1.[SnH2]. The average molecular weight is 247 g/mol. The van der Waals surface area contributed by atoms with Crippen LogP contribution in [0.2, 0.25) is 0 Å². The van der Waals surface area contributed by atoms with Crippen molar-refractivity contribution in [1.82, 2.24) is 0 Å². The molecule has 1 heteroatoms. The van der Waals surface area contributed by atoms with E-state index in [4.69, 9.17) is 0 Å². The molecule has 1 aliphatic rings. The third-order valence-electron chi connectivity index (χ3n) is 2.59. The molecule has 0 aromatic heterocycles. The molecule has 0 aromatic carbocycles. The van der Waals surface area contributed by atoms with Crippen LogP contribution in [-0.4, -0.2) is 23.9 Å². The fraction of sp³-hybridized carbons (Fsp3) is 1.00. The molecule has 0 unspecified atom stereocenters. The van der Waals surface area contributed by atoms with Crippen molar-refractivity contribution in [3.63, 3.8) is 0 Å². The molecule has 60 valence electrons. The van der Waals surface area contributed by atoms with Crippen LogP contribution in [-0.2, 0) is 0 Å². The minimum atomic E-state index is 0. The van der Waals surface area contributed by atoms with Crippen LogP contribution in [0.25, 0.3) is 0 Å². The molecular weight excluding hydrogens is 227 g/mol. The molecule has 0 amide bonds. The van der Waals surface area contributed by atoms with E-state index >= 15 is 0 Å². The summed E-state index contributed by atoms with van der Waals surface area (Å²) in [5.74, 6) is 1.99. The van der Waals surface area contributed by atoms with Gasteiger partial charge in [-0.3, -0.25) is 0 Å². The Kier molecular flexibility index (Phi) is 5.88. The van der Waals surface area contributed by atoms with Crippen molar-refractivity contribution in [1.29, 1.82) is 0 Å². The van der Waals surface area contributed by atoms with E-state index in [0.717, 1.165) is 11.8 Å². The first-order valence-electron chi connectivity index (χ1n) is 4.30. The molecule has 0 aromatic rings. The van der Waals surface area contributed by atoms with Gasteiger partial charge in [0.15, 0.2) is 0 Å². The van der Waals surface area contributed by atoms with Gasteiger partial charge in [0.05, 0.1) is 0 Å². The Bertz CT molecular complexity index is 72.8. The van der Waals surface area contributed by atoms with Gasteiger partial charge < -0.3 is 0 Å². The van der Waals surface area contributed by atoms with Gasteiger partial charge in [-0.1, -0.05) is 46.0 Å². The van der Waals surface area contributed by atoms with Crippen molar-refractivity contribution >= 4 is 23.9 Å². The molecule has 1 aliphatic carbocycles. The normalized spacial score (nSPS) is 20.7. The molecule has 0 aliphatic heterocycles. The number of hydrogen-bond donors (Lipinski definition) is 0. The van der Waals surface area contributed by atoms with Crippen molar-refractivity contribution in [3.05, 3.63) is 0 Å². The second-order valence-corrected chi connectivity index (χ2v) is 3.64. The van der Waals surface area contributed by atoms with Gasteiger partial charge >= 0.3 is 23.9 Å². The molecule has 0 saturated heterocycles.